The van der Waals surface area contributed by atoms with E-state index in [2.05, 4.69) is 20.7 Å². The summed E-state index contributed by atoms with van der Waals surface area (Å²) in [6.45, 7) is 0.944. The van der Waals surface area contributed by atoms with Gasteiger partial charge in [0.1, 0.15) is 5.82 Å². The van der Waals surface area contributed by atoms with Crippen molar-refractivity contribution in [2.45, 2.75) is 43.3 Å². The first-order valence-corrected chi connectivity index (χ1v) is 11.1. The van der Waals surface area contributed by atoms with Crippen molar-refractivity contribution in [1.29, 1.82) is 0 Å². The maximum Gasteiger partial charge on any atom is 0.346 e. The number of aromatic nitrogens is 4. The van der Waals surface area contributed by atoms with Gasteiger partial charge in [0.15, 0.2) is 0 Å². The minimum atomic E-state index is -0.227. The van der Waals surface area contributed by atoms with E-state index in [1.165, 1.54) is 4.68 Å². The van der Waals surface area contributed by atoms with E-state index in [9.17, 15) is 9.59 Å². The minimum Gasteiger partial charge on any atom is -0.335 e. The van der Waals surface area contributed by atoms with Crippen LogP contribution in [0.3, 0.4) is 0 Å². The zero-order chi connectivity index (χ0) is 20.9. The van der Waals surface area contributed by atoms with Crippen LogP contribution in [0, 0.1) is 0 Å². The Morgan fingerprint density at radius 2 is 2.10 bits per heavy atom. The summed E-state index contributed by atoms with van der Waals surface area (Å²) in [5.41, 5.74) is 1.62. The van der Waals surface area contributed by atoms with Gasteiger partial charge >= 0.3 is 11.7 Å². The number of nitrogens with zero attached hydrogens (tertiary/aromatic N) is 4. The summed E-state index contributed by atoms with van der Waals surface area (Å²) in [4.78, 5) is 30.3. The van der Waals surface area contributed by atoms with Crippen LogP contribution in [0.4, 0.5) is 10.5 Å². The van der Waals surface area contributed by atoms with E-state index in [-0.39, 0.29) is 17.8 Å². The number of nitrogens with one attached hydrogen (secondary N) is 2. The molecule has 3 heterocycles. The smallest absolute Gasteiger partial charge is 0.335 e. The van der Waals surface area contributed by atoms with Crippen LogP contribution in [0.25, 0.3) is 0 Å². The predicted molar refractivity (Wildman–Crippen MR) is 117 cm³/mol. The van der Waals surface area contributed by atoms with Crippen LogP contribution in [-0.2, 0) is 19.5 Å². The molecule has 2 N–H and O–H groups in total. The van der Waals surface area contributed by atoms with Crippen molar-refractivity contribution in [2.24, 2.45) is 0 Å². The highest BCUT2D eigenvalue weighted by atomic mass is 32.2. The Morgan fingerprint density at radius 3 is 2.90 bits per heavy atom. The lowest BCUT2D eigenvalue weighted by Crippen LogP contribution is -2.38. The van der Waals surface area contributed by atoms with Gasteiger partial charge < -0.3 is 10.6 Å². The second kappa shape index (κ2) is 9.17. The number of carbonyl (C=O) groups excluding carboxylic acids is 1. The first-order valence-electron chi connectivity index (χ1n) is 9.90. The summed E-state index contributed by atoms with van der Waals surface area (Å²) < 4.78 is 3.21. The molecule has 8 nitrogen and oxygen atoms in total. The number of amides is 2. The van der Waals surface area contributed by atoms with E-state index < -0.39 is 0 Å². The van der Waals surface area contributed by atoms with Crippen LogP contribution in [-0.4, -0.2) is 37.7 Å². The van der Waals surface area contributed by atoms with E-state index >= 15 is 0 Å². The standard InChI is InChI=1S/C21H24N6O2S/c1-30-18-7-3-2-6-17(18)24-20(28)23-16-8-9-19-25-27(21(29)26(19)12-10-16)14-15-5-4-11-22-13-15/h2-7,11,13,16H,8-10,12,14H2,1H3,(H2,23,24,28). The van der Waals surface area contributed by atoms with E-state index in [0.29, 0.717) is 25.9 Å². The molecule has 2 amide bonds. The molecule has 2 aromatic heterocycles. The van der Waals surface area contributed by atoms with Crippen LogP contribution in [0.15, 0.2) is 58.5 Å². The Kier molecular flexibility index (Phi) is 6.18. The first-order chi connectivity index (χ1) is 14.6. The van der Waals surface area contributed by atoms with Crippen LogP contribution < -0.4 is 16.3 Å². The van der Waals surface area contributed by atoms with Crippen molar-refractivity contribution in [3.63, 3.8) is 0 Å². The van der Waals surface area contributed by atoms with Crippen LogP contribution >= 0.6 is 11.8 Å². The second-order valence-electron chi connectivity index (χ2n) is 7.19. The fraction of sp³-hybridized carbons (Fsp3) is 0.333. The lowest BCUT2D eigenvalue weighted by molar-refractivity contribution is 0.246. The van der Waals surface area contributed by atoms with Gasteiger partial charge in [0.2, 0.25) is 0 Å². The molecule has 1 unspecified atom stereocenters. The van der Waals surface area contributed by atoms with E-state index in [1.807, 2.05) is 42.7 Å². The molecule has 0 bridgehead atoms. The molecule has 0 spiro atoms. The molecule has 0 saturated carbocycles. The fourth-order valence-electron chi connectivity index (χ4n) is 3.63. The van der Waals surface area contributed by atoms with Crippen LogP contribution in [0.1, 0.15) is 24.2 Å². The lowest BCUT2D eigenvalue weighted by Gasteiger charge is -2.17. The molecule has 4 rings (SSSR count). The van der Waals surface area contributed by atoms with Gasteiger partial charge in [-0.3, -0.25) is 9.55 Å². The zero-order valence-corrected chi connectivity index (χ0v) is 17.6. The van der Waals surface area contributed by atoms with Gasteiger partial charge in [0, 0.05) is 36.3 Å². The van der Waals surface area contributed by atoms with E-state index in [0.717, 1.165) is 28.4 Å². The van der Waals surface area contributed by atoms with Crippen LogP contribution in [0.2, 0.25) is 0 Å². The van der Waals surface area contributed by atoms with Gasteiger partial charge in [-0.05, 0) is 42.9 Å². The van der Waals surface area contributed by atoms with Gasteiger partial charge in [0.05, 0.1) is 12.2 Å². The largest absolute Gasteiger partial charge is 0.346 e. The number of anilines is 1. The quantitative estimate of drug-likeness (QED) is 0.614. The molecule has 9 heteroatoms. The van der Waals surface area contributed by atoms with Crippen molar-refractivity contribution in [3.8, 4) is 0 Å². The molecule has 0 fully saturated rings. The number of carbonyl (C=O) groups is 1. The Hall–Kier alpha value is -3.07. The number of para-hydroxylation sites is 1. The summed E-state index contributed by atoms with van der Waals surface area (Å²) in [7, 11) is 0. The van der Waals surface area contributed by atoms with Crippen molar-refractivity contribution < 1.29 is 4.79 Å². The molecule has 1 atom stereocenters. The Labute approximate surface area is 178 Å². The Morgan fingerprint density at radius 1 is 1.23 bits per heavy atom. The Balaban J connectivity index is 1.38. The van der Waals surface area contributed by atoms with Crippen molar-refractivity contribution in [1.82, 2.24) is 24.6 Å². The molecule has 1 aliphatic heterocycles. The van der Waals surface area contributed by atoms with Gasteiger partial charge in [-0.2, -0.15) is 5.10 Å². The van der Waals surface area contributed by atoms with E-state index in [4.69, 9.17) is 0 Å². The summed E-state index contributed by atoms with van der Waals surface area (Å²) in [5.74, 6) is 0.765. The SMILES string of the molecule is CSc1ccccc1NC(=O)NC1CCc2nn(Cc3cccnc3)c(=O)n2CC1. The third-order valence-corrected chi connectivity index (χ3v) is 5.96. The summed E-state index contributed by atoms with van der Waals surface area (Å²) >= 11 is 1.59. The van der Waals surface area contributed by atoms with E-state index in [1.54, 1.807) is 28.7 Å². The molecule has 1 aliphatic rings. The highest BCUT2D eigenvalue weighted by Gasteiger charge is 2.22. The molecule has 0 radical (unpaired) electrons. The first kappa shape index (κ1) is 20.2. The van der Waals surface area contributed by atoms with Crippen molar-refractivity contribution >= 4 is 23.5 Å². The van der Waals surface area contributed by atoms with Crippen LogP contribution in [0.5, 0.6) is 0 Å². The molecule has 156 valence electrons. The maximum atomic E-state index is 12.8. The monoisotopic (exact) mass is 424 g/mol. The van der Waals surface area contributed by atoms with Gasteiger partial charge in [-0.15, -0.1) is 11.8 Å². The second-order valence-corrected chi connectivity index (χ2v) is 8.04. The molecular weight excluding hydrogens is 400 g/mol. The third kappa shape index (κ3) is 4.56. The molecule has 30 heavy (non-hydrogen) atoms. The number of rotatable bonds is 5. The number of thioether (sulfide) groups is 1. The molecular formula is C21H24N6O2S. The predicted octanol–water partition coefficient (Wildman–Crippen LogP) is 2.74. The average molecular weight is 425 g/mol. The topological polar surface area (TPSA) is 93.8 Å². The van der Waals surface area contributed by atoms with Gasteiger partial charge in [-0.25, -0.2) is 14.3 Å². The highest BCUT2D eigenvalue weighted by molar-refractivity contribution is 7.98. The average Bonchev–Trinajstić information content (AvgIpc) is 2.92. The van der Waals surface area contributed by atoms with Crippen molar-refractivity contribution in [3.05, 3.63) is 70.7 Å². The van der Waals surface area contributed by atoms with Gasteiger partial charge in [-0.1, -0.05) is 18.2 Å². The zero-order valence-electron chi connectivity index (χ0n) is 16.7. The number of pyridine rings is 1. The molecule has 0 aliphatic carbocycles. The number of urea groups is 1. The summed E-state index contributed by atoms with van der Waals surface area (Å²) in [6.07, 6.45) is 7.49. The molecule has 0 saturated heterocycles. The third-order valence-electron chi connectivity index (χ3n) is 5.16. The number of hydrogen-bond donors (Lipinski definition) is 2. The number of benzene rings is 1. The maximum absolute atomic E-state index is 12.8. The summed E-state index contributed by atoms with van der Waals surface area (Å²) in [6, 6.07) is 11.2. The number of fused-ring (bicyclic) bond motifs is 1. The number of aryl methyl sites for hydroxylation is 1. The minimum absolute atomic E-state index is 0.0145. The fourth-order valence-corrected chi connectivity index (χ4v) is 4.19. The number of hydrogen-bond acceptors (Lipinski definition) is 5. The molecule has 1 aromatic carbocycles. The summed E-state index contributed by atoms with van der Waals surface area (Å²) in [5, 5.41) is 10.5. The highest BCUT2D eigenvalue weighted by Crippen LogP contribution is 2.24. The lowest BCUT2D eigenvalue weighted by atomic mass is 10.1. The Bertz CT molecular complexity index is 1080. The van der Waals surface area contributed by atoms with Crippen molar-refractivity contribution in [2.75, 3.05) is 11.6 Å². The normalized spacial score (nSPS) is 15.8. The van der Waals surface area contributed by atoms with Gasteiger partial charge in [0.25, 0.3) is 0 Å². The molecule has 3 aromatic rings.